The summed E-state index contributed by atoms with van der Waals surface area (Å²) in [5.41, 5.74) is 1.37. The molecule has 2 N–H and O–H groups in total. The number of nitrogens with one attached hydrogen (secondary N) is 1. The van der Waals surface area contributed by atoms with Crippen LogP contribution in [-0.2, 0) is 17.4 Å². The first-order valence-corrected chi connectivity index (χ1v) is 7.95. The minimum Gasteiger partial charge on any atom is -0.441 e. The molecule has 2 rings (SSSR count). The second-order valence-corrected chi connectivity index (χ2v) is 5.66. The van der Waals surface area contributed by atoms with E-state index in [0.717, 1.165) is 31.4 Å². The topological polar surface area (TPSA) is 75.4 Å². The van der Waals surface area contributed by atoms with Gasteiger partial charge in [0, 0.05) is 18.4 Å². The van der Waals surface area contributed by atoms with Gasteiger partial charge in [0.2, 0.25) is 11.8 Å². The summed E-state index contributed by atoms with van der Waals surface area (Å²) in [4.78, 5) is 14.9. The van der Waals surface area contributed by atoms with Crippen LogP contribution in [0.1, 0.15) is 43.4 Å². The molecule has 0 unspecified atom stereocenters. The van der Waals surface area contributed by atoms with Gasteiger partial charge in [0.05, 0.1) is 11.8 Å². The first kappa shape index (κ1) is 19.0. The maximum absolute atomic E-state index is 12.5. The van der Waals surface area contributed by atoms with Crippen LogP contribution in [0.2, 0.25) is 0 Å². The lowest BCUT2D eigenvalue weighted by Gasteiger charge is -2.06. The zero-order valence-corrected chi connectivity index (χ0v) is 13.5. The quantitative estimate of drug-likeness (QED) is 0.419. The number of aryl methyl sites for hydroxylation is 1. The minimum atomic E-state index is -4.36. The molecule has 0 radical (unpaired) electrons. The van der Waals surface area contributed by atoms with Gasteiger partial charge in [-0.25, -0.2) is 10.5 Å². The Balaban J connectivity index is 1.79. The number of carbonyl (C=O) groups is 1. The molecule has 25 heavy (non-hydrogen) atoms. The van der Waals surface area contributed by atoms with Crippen molar-refractivity contribution in [3.8, 4) is 11.5 Å². The lowest BCUT2D eigenvalue weighted by molar-refractivity contribution is -0.137. The van der Waals surface area contributed by atoms with Gasteiger partial charge in [0.15, 0.2) is 0 Å². The molecule has 8 heteroatoms. The zero-order valence-electron chi connectivity index (χ0n) is 13.5. The number of unbranched alkanes of at least 4 members (excludes halogenated alkanes) is 3. The molecule has 0 aliphatic carbocycles. The molecule has 0 atom stereocenters. The van der Waals surface area contributed by atoms with Crippen LogP contribution in [0.3, 0.4) is 0 Å². The number of amides is 1. The maximum Gasteiger partial charge on any atom is 0.416 e. The van der Waals surface area contributed by atoms with E-state index in [-0.39, 0.29) is 6.42 Å². The van der Waals surface area contributed by atoms with Gasteiger partial charge in [-0.05, 0) is 37.1 Å². The Hall–Kier alpha value is -2.35. The van der Waals surface area contributed by atoms with Crippen LogP contribution in [0.5, 0.6) is 0 Å². The summed E-state index contributed by atoms with van der Waals surface area (Å²) < 4.78 is 43.2. The van der Waals surface area contributed by atoms with Gasteiger partial charge >= 0.3 is 6.18 Å². The number of benzene rings is 1. The van der Waals surface area contributed by atoms with Gasteiger partial charge < -0.3 is 4.42 Å². The van der Waals surface area contributed by atoms with Crippen LogP contribution in [0.15, 0.2) is 34.9 Å². The number of rotatable bonds is 8. The molecule has 1 aromatic carbocycles. The zero-order chi connectivity index (χ0) is 18.3. The monoisotopic (exact) mass is 356 g/mol. The minimum absolute atomic E-state index is 0.289. The summed E-state index contributed by atoms with van der Waals surface area (Å²) in [6, 6.07) is 4.68. The van der Waals surface area contributed by atoms with Gasteiger partial charge in [-0.3, -0.25) is 10.0 Å². The van der Waals surface area contributed by atoms with E-state index in [1.807, 2.05) is 0 Å². The Bertz CT molecular complexity index is 681. The highest BCUT2D eigenvalue weighted by atomic mass is 19.4. The number of alkyl halides is 3. The van der Waals surface area contributed by atoms with E-state index < -0.39 is 17.6 Å². The number of halogens is 3. The van der Waals surface area contributed by atoms with E-state index in [0.29, 0.717) is 30.1 Å². The molecule has 2 aromatic rings. The summed E-state index contributed by atoms with van der Waals surface area (Å²) in [5.74, 6) is 0.572. The second-order valence-electron chi connectivity index (χ2n) is 5.66. The Morgan fingerprint density at radius 1 is 1.12 bits per heavy atom. The summed E-state index contributed by atoms with van der Waals surface area (Å²) in [6.07, 6.45) is 1.46. The van der Waals surface area contributed by atoms with Crippen LogP contribution in [0.4, 0.5) is 13.2 Å². The Kier molecular flexibility index (Phi) is 6.58. The van der Waals surface area contributed by atoms with Crippen molar-refractivity contribution in [2.24, 2.45) is 0 Å². The fraction of sp³-hybridized carbons (Fsp3) is 0.412. The van der Waals surface area contributed by atoms with Gasteiger partial charge in [-0.2, -0.15) is 13.2 Å². The number of hydroxylamine groups is 1. The van der Waals surface area contributed by atoms with Crippen molar-refractivity contribution < 1.29 is 27.6 Å². The highest BCUT2D eigenvalue weighted by molar-refractivity contribution is 5.74. The van der Waals surface area contributed by atoms with Crippen LogP contribution in [0.25, 0.3) is 11.5 Å². The molecule has 0 aliphatic heterocycles. The molecular weight excluding hydrogens is 337 g/mol. The molecule has 136 valence electrons. The molecule has 1 heterocycles. The van der Waals surface area contributed by atoms with E-state index in [9.17, 15) is 18.0 Å². The predicted octanol–water partition coefficient (Wildman–Crippen LogP) is 4.36. The van der Waals surface area contributed by atoms with Crippen LogP contribution >= 0.6 is 0 Å². The van der Waals surface area contributed by atoms with Crippen molar-refractivity contribution in [2.45, 2.75) is 44.7 Å². The lowest BCUT2D eigenvalue weighted by Crippen LogP contribution is -2.17. The van der Waals surface area contributed by atoms with Crippen molar-refractivity contribution >= 4 is 5.91 Å². The lowest BCUT2D eigenvalue weighted by atomic mass is 10.1. The first-order chi connectivity index (χ1) is 11.9. The number of hydrogen-bond acceptors (Lipinski definition) is 4. The number of carbonyl (C=O) groups excluding carboxylic acids is 1. The van der Waals surface area contributed by atoms with E-state index in [1.165, 1.54) is 12.1 Å². The fourth-order valence-electron chi connectivity index (χ4n) is 2.35. The van der Waals surface area contributed by atoms with Crippen molar-refractivity contribution in [1.82, 2.24) is 10.5 Å². The molecule has 0 fully saturated rings. The summed E-state index contributed by atoms with van der Waals surface area (Å²) in [5, 5.41) is 8.36. The molecule has 1 amide bonds. The first-order valence-electron chi connectivity index (χ1n) is 7.95. The van der Waals surface area contributed by atoms with Crippen LogP contribution in [0, 0.1) is 0 Å². The molecule has 0 aliphatic rings. The van der Waals surface area contributed by atoms with Gasteiger partial charge in [-0.15, -0.1) is 0 Å². The third kappa shape index (κ3) is 5.90. The van der Waals surface area contributed by atoms with Crippen LogP contribution < -0.4 is 5.48 Å². The van der Waals surface area contributed by atoms with Gasteiger partial charge in [-0.1, -0.05) is 12.8 Å². The second kappa shape index (κ2) is 8.66. The van der Waals surface area contributed by atoms with Crippen molar-refractivity contribution in [2.75, 3.05) is 0 Å². The van der Waals surface area contributed by atoms with Crippen molar-refractivity contribution in [1.29, 1.82) is 0 Å². The number of nitrogens with zero attached hydrogens (tertiary/aromatic N) is 1. The molecule has 0 saturated heterocycles. The largest absolute Gasteiger partial charge is 0.441 e. The van der Waals surface area contributed by atoms with E-state index in [4.69, 9.17) is 9.62 Å². The summed E-state index contributed by atoms with van der Waals surface area (Å²) in [6.45, 7) is 0. The number of oxazole rings is 1. The molecular formula is C17H19F3N2O3. The maximum atomic E-state index is 12.5. The van der Waals surface area contributed by atoms with E-state index in [1.54, 1.807) is 11.7 Å². The highest BCUT2D eigenvalue weighted by Crippen LogP contribution is 2.30. The average Bonchev–Trinajstić information content (AvgIpc) is 3.06. The van der Waals surface area contributed by atoms with Crippen molar-refractivity contribution in [3.63, 3.8) is 0 Å². The predicted molar refractivity (Wildman–Crippen MR) is 83.7 cm³/mol. The Labute approximate surface area is 142 Å². The Morgan fingerprint density at radius 2 is 1.80 bits per heavy atom. The van der Waals surface area contributed by atoms with E-state index >= 15 is 0 Å². The third-order valence-electron chi connectivity index (χ3n) is 3.71. The number of hydrogen-bond donors (Lipinski definition) is 2. The summed E-state index contributed by atoms with van der Waals surface area (Å²) in [7, 11) is 0. The Morgan fingerprint density at radius 3 is 2.44 bits per heavy atom. The van der Waals surface area contributed by atoms with E-state index in [2.05, 4.69) is 4.98 Å². The normalized spacial score (nSPS) is 11.5. The average molecular weight is 356 g/mol. The van der Waals surface area contributed by atoms with Crippen LogP contribution in [-0.4, -0.2) is 16.1 Å². The third-order valence-corrected chi connectivity index (χ3v) is 3.71. The van der Waals surface area contributed by atoms with Gasteiger partial charge in [0.25, 0.3) is 0 Å². The smallest absolute Gasteiger partial charge is 0.416 e. The highest BCUT2D eigenvalue weighted by Gasteiger charge is 2.30. The van der Waals surface area contributed by atoms with Crippen molar-refractivity contribution in [3.05, 3.63) is 41.8 Å². The standard InChI is InChI=1S/C17H19F3N2O3/c18-17(19,20)13-9-7-12(8-10-13)16-21-11-14(25-16)5-3-1-2-4-6-15(23)22-24/h7-11,24H,1-6H2,(H,22,23). The summed E-state index contributed by atoms with van der Waals surface area (Å²) >= 11 is 0. The molecule has 0 bridgehead atoms. The molecule has 5 nitrogen and oxygen atoms in total. The fourth-order valence-corrected chi connectivity index (χ4v) is 2.35. The molecule has 1 aromatic heterocycles. The van der Waals surface area contributed by atoms with Gasteiger partial charge in [0.1, 0.15) is 5.76 Å². The molecule has 0 spiro atoms. The molecule has 0 saturated carbocycles. The number of aromatic nitrogens is 1. The SMILES string of the molecule is O=C(CCCCCCc1cnc(-c2ccc(C(F)(F)F)cc2)o1)NO.